The predicted octanol–water partition coefficient (Wildman–Crippen LogP) is 2.07. The first-order valence-electron chi connectivity index (χ1n) is 6.20. The normalized spacial score (nSPS) is 14.4. The zero-order chi connectivity index (χ0) is 12.7. The Morgan fingerprint density at radius 1 is 1.29 bits per heavy atom. The summed E-state index contributed by atoms with van der Waals surface area (Å²) in [5, 5.41) is 9.08. The van der Waals surface area contributed by atoms with Crippen molar-refractivity contribution in [2.24, 2.45) is 5.73 Å². The third kappa shape index (κ3) is 3.72. The first-order chi connectivity index (χ1) is 8.16. The van der Waals surface area contributed by atoms with Crippen molar-refractivity contribution in [2.75, 3.05) is 19.8 Å². The monoisotopic (exact) mass is 237 g/mol. The van der Waals surface area contributed by atoms with Gasteiger partial charge in [-0.1, -0.05) is 26.0 Å². The summed E-state index contributed by atoms with van der Waals surface area (Å²) in [4.78, 5) is 0. The van der Waals surface area contributed by atoms with E-state index in [0.29, 0.717) is 13.0 Å². The smallest absolute Gasteiger partial charge is 0.119 e. The number of aliphatic hydroxyl groups excluding tert-OH is 1. The van der Waals surface area contributed by atoms with E-state index in [2.05, 4.69) is 13.8 Å². The Labute approximate surface area is 104 Å². The van der Waals surface area contributed by atoms with Crippen LogP contribution in [0.5, 0.6) is 5.75 Å². The molecule has 0 aliphatic rings. The molecular formula is C14H23NO2. The van der Waals surface area contributed by atoms with Gasteiger partial charge in [0, 0.05) is 18.6 Å². The molecule has 1 rings (SSSR count). The Kier molecular flexibility index (Phi) is 5.45. The number of aliphatic hydroxyl groups is 1. The van der Waals surface area contributed by atoms with Gasteiger partial charge in [-0.3, -0.25) is 0 Å². The van der Waals surface area contributed by atoms with Gasteiger partial charge in [0.1, 0.15) is 5.75 Å². The highest BCUT2D eigenvalue weighted by atomic mass is 16.5. The van der Waals surface area contributed by atoms with Crippen molar-refractivity contribution in [3.8, 4) is 5.75 Å². The van der Waals surface area contributed by atoms with E-state index < -0.39 is 0 Å². The number of benzene rings is 1. The van der Waals surface area contributed by atoms with Crippen molar-refractivity contribution in [3.63, 3.8) is 0 Å². The third-order valence-electron chi connectivity index (χ3n) is 3.14. The van der Waals surface area contributed by atoms with Gasteiger partial charge in [0.2, 0.25) is 0 Å². The molecule has 0 saturated carbocycles. The summed E-state index contributed by atoms with van der Waals surface area (Å²) in [5.74, 6) is 0.888. The van der Waals surface area contributed by atoms with Crippen LogP contribution in [-0.2, 0) is 5.41 Å². The van der Waals surface area contributed by atoms with Crippen molar-refractivity contribution < 1.29 is 9.84 Å². The molecule has 1 atom stereocenters. The molecule has 0 spiro atoms. The summed E-state index contributed by atoms with van der Waals surface area (Å²) in [6, 6.07) is 8.01. The van der Waals surface area contributed by atoms with E-state index in [0.717, 1.165) is 24.3 Å². The lowest BCUT2D eigenvalue weighted by Crippen LogP contribution is -2.32. The lowest BCUT2D eigenvalue weighted by molar-refractivity contribution is 0.247. The van der Waals surface area contributed by atoms with Crippen molar-refractivity contribution >= 4 is 0 Å². The van der Waals surface area contributed by atoms with Crippen molar-refractivity contribution in [1.29, 1.82) is 0 Å². The Hall–Kier alpha value is -1.06. The van der Waals surface area contributed by atoms with E-state index in [1.54, 1.807) is 0 Å². The second-order valence-electron chi connectivity index (χ2n) is 4.61. The molecule has 1 unspecified atom stereocenters. The van der Waals surface area contributed by atoms with Crippen LogP contribution in [0.15, 0.2) is 24.3 Å². The highest BCUT2D eigenvalue weighted by molar-refractivity contribution is 5.32. The fourth-order valence-corrected chi connectivity index (χ4v) is 1.78. The topological polar surface area (TPSA) is 55.5 Å². The molecule has 0 aliphatic heterocycles. The number of rotatable bonds is 7. The molecule has 0 saturated heterocycles. The maximum absolute atomic E-state index is 9.08. The molecule has 1 aromatic rings. The van der Waals surface area contributed by atoms with Crippen LogP contribution in [0.3, 0.4) is 0 Å². The number of ether oxygens (including phenoxy) is 1. The molecule has 96 valence electrons. The molecule has 0 bridgehead atoms. The molecule has 3 nitrogen and oxygen atoms in total. The third-order valence-corrected chi connectivity index (χ3v) is 3.14. The largest absolute Gasteiger partial charge is 0.494 e. The van der Waals surface area contributed by atoms with Crippen LogP contribution < -0.4 is 10.5 Å². The van der Waals surface area contributed by atoms with Crippen LogP contribution in [0.2, 0.25) is 0 Å². The molecule has 0 aliphatic carbocycles. The average molecular weight is 237 g/mol. The minimum absolute atomic E-state index is 0.155. The average Bonchev–Trinajstić information content (AvgIpc) is 2.37. The fraction of sp³-hybridized carbons (Fsp3) is 0.571. The van der Waals surface area contributed by atoms with Crippen LogP contribution in [0.25, 0.3) is 0 Å². The van der Waals surface area contributed by atoms with Gasteiger partial charge in [-0.25, -0.2) is 0 Å². The molecule has 0 amide bonds. The molecule has 0 radical (unpaired) electrons. The number of nitrogens with two attached hydrogens (primary N) is 1. The minimum Gasteiger partial charge on any atom is -0.494 e. The number of hydrogen-bond acceptors (Lipinski definition) is 3. The Morgan fingerprint density at radius 3 is 2.41 bits per heavy atom. The lowest BCUT2D eigenvalue weighted by atomic mass is 9.80. The summed E-state index contributed by atoms with van der Waals surface area (Å²) >= 11 is 0. The second kappa shape index (κ2) is 6.62. The van der Waals surface area contributed by atoms with Gasteiger partial charge in [-0.05, 0) is 30.5 Å². The Balaban J connectivity index is 2.77. The van der Waals surface area contributed by atoms with Crippen LogP contribution in [0.4, 0.5) is 0 Å². The Morgan fingerprint density at radius 2 is 1.94 bits per heavy atom. The van der Waals surface area contributed by atoms with Gasteiger partial charge in [0.05, 0.1) is 6.61 Å². The summed E-state index contributed by atoms with van der Waals surface area (Å²) in [6.07, 6.45) is 1.69. The predicted molar refractivity (Wildman–Crippen MR) is 70.3 cm³/mol. The molecular weight excluding hydrogens is 214 g/mol. The van der Waals surface area contributed by atoms with Gasteiger partial charge in [0.15, 0.2) is 0 Å². The number of hydrogen-bond donors (Lipinski definition) is 2. The second-order valence-corrected chi connectivity index (χ2v) is 4.61. The van der Waals surface area contributed by atoms with Crippen molar-refractivity contribution in [2.45, 2.75) is 32.1 Å². The highest BCUT2D eigenvalue weighted by Gasteiger charge is 2.24. The maximum Gasteiger partial charge on any atom is 0.119 e. The molecule has 0 aromatic heterocycles. The Bertz CT molecular complexity index is 323. The molecule has 0 heterocycles. The fourth-order valence-electron chi connectivity index (χ4n) is 1.78. The first kappa shape index (κ1) is 14.0. The SMILES string of the molecule is CCCOc1ccc(C(C)(CN)CCO)cc1. The lowest BCUT2D eigenvalue weighted by Gasteiger charge is -2.28. The highest BCUT2D eigenvalue weighted by Crippen LogP contribution is 2.27. The summed E-state index contributed by atoms with van der Waals surface area (Å²) in [7, 11) is 0. The van der Waals surface area contributed by atoms with Crippen LogP contribution >= 0.6 is 0 Å². The van der Waals surface area contributed by atoms with E-state index >= 15 is 0 Å². The van der Waals surface area contributed by atoms with Crippen LogP contribution in [-0.4, -0.2) is 24.9 Å². The van der Waals surface area contributed by atoms with Gasteiger partial charge < -0.3 is 15.6 Å². The quantitative estimate of drug-likeness (QED) is 0.763. The van der Waals surface area contributed by atoms with E-state index in [1.165, 1.54) is 0 Å². The molecule has 3 N–H and O–H groups in total. The molecule has 3 heteroatoms. The molecule has 1 aromatic carbocycles. The van der Waals surface area contributed by atoms with E-state index in [9.17, 15) is 0 Å². The zero-order valence-corrected chi connectivity index (χ0v) is 10.8. The van der Waals surface area contributed by atoms with Gasteiger partial charge >= 0.3 is 0 Å². The maximum atomic E-state index is 9.08. The van der Waals surface area contributed by atoms with Crippen molar-refractivity contribution in [1.82, 2.24) is 0 Å². The van der Waals surface area contributed by atoms with Crippen LogP contribution in [0.1, 0.15) is 32.3 Å². The standard InChI is InChI=1S/C14H23NO2/c1-3-10-17-13-6-4-12(5-7-13)14(2,11-15)8-9-16/h4-7,16H,3,8-11,15H2,1-2H3. The molecule has 0 fully saturated rings. The summed E-state index contributed by atoms with van der Waals surface area (Å²) in [5.41, 5.74) is 6.80. The zero-order valence-electron chi connectivity index (χ0n) is 10.8. The van der Waals surface area contributed by atoms with Gasteiger partial charge in [-0.2, -0.15) is 0 Å². The van der Waals surface area contributed by atoms with Crippen molar-refractivity contribution in [3.05, 3.63) is 29.8 Å². The van der Waals surface area contributed by atoms with E-state index in [-0.39, 0.29) is 12.0 Å². The summed E-state index contributed by atoms with van der Waals surface area (Å²) < 4.78 is 5.54. The molecule has 17 heavy (non-hydrogen) atoms. The first-order valence-corrected chi connectivity index (χ1v) is 6.20. The van der Waals surface area contributed by atoms with Crippen LogP contribution in [0, 0.1) is 0 Å². The van der Waals surface area contributed by atoms with Gasteiger partial charge in [-0.15, -0.1) is 0 Å². The summed E-state index contributed by atoms with van der Waals surface area (Å²) in [6.45, 7) is 5.58. The minimum atomic E-state index is -0.155. The van der Waals surface area contributed by atoms with E-state index in [4.69, 9.17) is 15.6 Å². The van der Waals surface area contributed by atoms with Gasteiger partial charge in [0.25, 0.3) is 0 Å². The van der Waals surface area contributed by atoms with E-state index in [1.807, 2.05) is 24.3 Å².